The second kappa shape index (κ2) is 4.27. The Morgan fingerprint density at radius 2 is 1.80 bits per heavy atom. The summed E-state index contributed by atoms with van der Waals surface area (Å²) in [5.41, 5.74) is 0.929. The number of aryl methyl sites for hydroxylation is 1. The number of carboxylic acids is 1. The quantitative estimate of drug-likeness (QED) is 0.680. The van der Waals surface area contributed by atoms with Gasteiger partial charge in [0.1, 0.15) is 0 Å². The van der Waals surface area contributed by atoms with Crippen LogP contribution in [0.2, 0.25) is 0 Å². The number of carboxylic acid groups (broad SMARTS) is 1. The first-order valence-electron chi connectivity index (χ1n) is 4.12. The number of carbonyl (C=O) groups excluding carboxylic acids is 1. The lowest BCUT2D eigenvalue weighted by molar-refractivity contribution is -0.297. The van der Waals surface area contributed by atoms with Crippen LogP contribution in [0.4, 0.5) is 0 Å². The average Bonchev–Trinajstić information content (AvgIpc) is 2.16. The minimum atomic E-state index is -3.67. The van der Waals surface area contributed by atoms with Gasteiger partial charge in [0.2, 0.25) is 0 Å². The largest absolute Gasteiger partial charge is 0.545 e. The molecule has 0 radical (unpaired) electrons. The molecule has 0 atom stereocenters. The van der Waals surface area contributed by atoms with Crippen LogP contribution in [-0.2, 0) is 14.6 Å². The molecule has 0 N–H and O–H groups in total. The van der Waals surface area contributed by atoms with E-state index in [0.29, 0.717) is 11.5 Å². The van der Waals surface area contributed by atoms with E-state index in [9.17, 15) is 18.3 Å². The van der Waals surface area contributed by atoms with Crippen molar-refractivity contribution in [3.05, 3.63) is 41.3 Å². The molecular weight excluding hydrogens is 216 g/mol. The Morgan fingerprint density at radius 1 is 1.27 bits per heavy atom. The maximum atomic E-state index is 11.5. The molecule has 1 aromatic rings. The molecule has 0 aliphatic carbocycles. The molecular formula is C10H9O4S-. The third-order valence-electron chi connectivity index (χ3n) is 1.73. The van der Waals surface area contributed by atoms with Gasteiger partial charge in [0.15, 0.2) is 9.84 Å². The van der Waals surface area contributed by atoms with E-state index in [1.807, 2.05) is 6.92 Å². The van der Waals surface area contributed by atoms with Crippen molar-refractivity contribution in [1.82, 2.24) is 0 Å². The first-order valence-corrected chi connectivity index (χ1v) is 5.67. The maximum Gasteiger partial charge on any atom is 0.199 e. The molecule has 1 aromatic carbocycles. The van der Waals surface area contributed by atoms with Gasteiger partial charge in [0.25, 0.3) is 0 Å². The van der Waals surface area contributed by atoms with Gasteiger partial charge in [-0.15, -0.1) is 0 Å². The number of hydrogen-bond acceptors (Lipinski definition) is 4. The van der Waals surface area contributed by atoms with Gasteiger partial charge in [0.05, 0.1) is 10.9 Å². The molecule has 4 nitrogen and oxygen atoms in total. The molecule has 0 saturated carbocycles. The van der Waals surface area contributed by atoms with Crippen molar-refractivity contribution < 1.29 is 18.3 Å². The van der Waals surface area contributed by atoms with Crippen LogP contribution in [0.1, 0.15) is 5.56 Å². The number of sulfone groups is 1. The van der Waals surface area contributed by atoms with Gasteiger partial charge in [-0.3, -0.25) is 0 Å². The van der Waals surface area contributed by atoms with Gasteiger partial charge in [0, 0.05) is 5.41 Å². The van der Waals surface area contributed by atoms with Crippen molar-refractivity contribution >= 4 is 15.8 Å². The molecule has 0 spiro atoms. The number of benzene rings is 1. The van der Waals surface area contributed by atoms with Crippen LogP contribution in [0.5, 0.6) is 0 Å². The Balaban J connectivity index is 3.07. The Hall–Kier alpha value is -1.62. The molecule has 0 saturated heterocycles. The number of hydrogen-bond donors (Lipinski definition) is 0. The van der Waals surface area contributed by atoms with E-state index in [-0.39, 0.29) is 4.90 Å². The summed E-state index contributed by atoms with van der Waals surface area (Å²) in [5, 5.41) is 10.7. The Labute approximate surface area is 87.8 Å². The summed E-state index contributed by atoms with van der Waals surface area (Å²) >= 11 is 0. The highest BCUT2D eigenvalue weighted by Crippen LogP contribution is 2.12. The third kappa shape index (κ3) is 3.21. The molecule has 0 unspecified atom stereocenters. The minimum Gasteiger partial charge on any atom is -0.545 e. The summed E-state index contributed by atoms with van der Waals surface area (Å²) in [4.78, 5) is 10.1. The fourth-order valence-corrected chi connectivity index (χ4v) is 1.91. The van der Waals surface area contributed by atoms with Gasteiger partial charge in [-0.25, -0.2) is 8.42 Å². The standard InChI is InChI=1S/C10H10O4S/c1-8-2-4-9(5-3-8)15(13,14)7-6-10(11)12/h2-7H,1H3,(H,11,12)/p-1/b7-6+. The topological polar surface area (TPSA) is 74.3 Å². The second-order valence-electron chi connectivity index (χ2n) is 2.98. The minimum absolute atomic E-state index is 0.0607. The predicted octanol–water partition coefficient (Wildman–Crippen LogP) is 0.0323. The van der Waals surface area contributed by atoms with E-state index in [4.69, 9.17) is 0 Å². The lowest BCUT2D eigenvalue weighted by Crippen LogP contribution is -2.19. The molecule has 0 bridgehead atoms. The molecule has 0 aliphatic heterocycles. The highest BCUT2D eigenvalue weighted by molar-refractivity contribution is 7.94. The van der Waals surface area contributed by atoms with E-state index in [2.05, 4.69) is 0 Å². The molecule has 1 rings (SSSR count). The van der Waals surface area contributed by atoms with Crippen molar-refractivity contribution in [2.45, 2.75) is 11.8 Å². The molecule has 0 fully saturated rings. The van der Waals surface area contributed by atoms with Crippen LogP contribution >= 0.6 is 0 Å². The van der Waals surface area contributed by atoms with Crippen molar-refractivity contribution in [2.24, 2.45) is 0 Å². The van der Waals surface area contributed by atoms with Crippen LogP contribution in [0.25, 0.3) is 0 Å². The maximum absolute atomic E-state index is 11.5. The van der Waals surface area contributed by atoms with Crippen molar-refractivity contribution in [2.75, 3.05) is 0 Å². The first kappa shape index (κ1) is 11.5. The fourth-order valence-electron chi connectivity index (χ4n) is 0.952. The van der Waals surface area contributed by atoms with E-state index < -0.39 is 15.8 Å². The Kier molecular flexibility index (Phi) is 3.26. The lowest BCUT2D eigenvalue weighted by atomic mass is 10.2. The smallest absolute Gasteiger partial charge is 0.199 e. The molecule has 5 heteroatoms. The Morgan fingerprint density at radius 3 is 2.27 bits per heavy atom. The Bertz CT molecular complexity index is 483. The highest BCUT2D eigenvalue weighted by atomic mass is 32.2. The summed E-state index contributed by atoms with van der Waals surface area (Å²) in [6, 6.07) is 6.12. The van der Waals surface area contributed by atoms with Gasteiger partial charge in [-0.2, -0.15) is 0 Å². The van der Waals surface area contributed by atoms with Crippen molar-refractivity contribution in [3.63, 3.8) is 0 Å². The highest BCUT2D eigenvalue weighted by Gasteiger charge is 2.08. The number of carbonyl (C=O) groups is 1. The van der Waals surface area contributed by atoms with Gasteiger partial charge in [-0.1, -0.05) is 17.7 Å². The third-order valence-corrected chi connectivity index (χ3v) is 3.16. The van der Waals surface area contributed by atoms with Crippen molar-refractivity contribution in [3.8, 4) is 0 Å². The van der Waals surface area contributed by atoms with Crippen LogP contribution in [0, 0.1) is 6.92 Å². The molecule has 0 aliphatic rings. The van der Waals surface area contributed by atoms with E-state index in [0.717, 1.165) is 5.56 Å². The molecule has 0 heterocycles. The normalized spacial score (nSPS) is 11.8. The molecule has 0 aromatic heterocycles. The summed E-state index contributed by atoms with van der Waals surface area (Å²) in [5.74, 6) is -1.54. The van der Waals surface area contributed by atoms with E-state index in [1.54, 1.807) is 12.1 Å². The molecule has 80 valence electrons. The molecule has 0 amide bonds. The molecule has 15 heavy (non-hydrogen) atoms. The second-order valence-corrected chi connectivity index (χ2v) is 4.81. The zero-order chi connectivity index (χ0) is 11.5. The van der Waals surface area contributed by atoms with Crippen LogP contribution in [0.3, 0.4) is 0 Å². The predicted molar refractivity (Wildman–Crippen MR) is 52.5 cm³/mol. The van der Waals surface area contributed by atoms with Crippen molar-refractivity contribution in [1.29, 1.82) is 0 Å². The van der Waals surface area contributed by atoms with E-state index in [1.165, 1.54) is 12.1 Å². The zero-order valence-electron chi connectivity index (χ0n) is 8.01. The first-order chi connectivity index (χ1) is 6.92. The SMILES string of the molecule is Cc1ccc(S(=O)(=O)/C=C/C(=O)[O-])cc1. The van der Waals surface area contributed by atoms with Crippen LogP contribution in [0.15, 0.2) is 40.6 Å². The average molecular weight is 225 g/mol. The van der Waals surface area contributed by atoms with Gasteiger partial charge >= 0.3 is 0 Å². The lowest BCUT2D eigenvalue weighted by Gasteiger charge is -1.99. The monoisotopic (exact) mass is 225 g/mol. The van der Waals surface area contributed by atoms with E-state index >= 15 is 0 Å². The number of rotatable bonds is 3. The number of aliphatic carboxylic acids is 1. The zero-order valence-corrected chi connectivity index (χ0v) is 8.82. The summed E-state index contributed by atoms with van der Waals surface area (Å²) in [7, 11) is -3.67. The summed E-state index contributed by atoms with van der Waals surface area (Å²) in [6.07, 6.45) is 0.495. The fraction of sp³-hybridized carbons (Fsp3) is 0.100. The van der Waals surface area contributed by atoms with Gasteiger partial charge in [-0.05, 0) is 25.1 Å². The summed E-state index contributed by atoms with van der Waals surface area (Å²) < 4.78 is 22.9. The van der Waals surface area contributed by atoms with Gasteiger partial charge < -0.3 is 9.90 Å². The summed E-state index contributed by atoms with van der Waals surface area (Å²) in [6.45, 7) is 1.83. The van der Waals surface area contributed by atoms with Crippen LogP contribution < -0.4 is 5.11 Å². The van der Waals surface area contributed by atoms with Crippen LogP contribution in [-0.4, -0.2) is 14.4 Å².